The summed E-state index contributed by atoms with van der Waals surface area (Å²) in [6, 6.07) is 8.20. The van der Waals surface area contributed by atoms with Gasteiger partial charge in [0.1, 0.15) is 5.75 Å². The van der Waals surface area contributed by atoms with Gasteiger partial charge in [-0.15, -0.1) is 0 Å². The predicted octanol–water partition coefficient (Wildman–Crippen LogP) is 3.77. The summed E-state index contributed by atoms with van der Waals surface area (Å²) < 4.78 is 10.5. The molecule has 0 unspecified atom stereocenters. The van der Waals surface area contributed by atoms with Gasteiger partial charge >= 0.3 is 0 Å². The third kappa shape index (κ3) is 2.78. The standard InChI is InChI=1S/C12H10Cl2N2O2/c1-17-12-9(15)3-5-11(16-12)18-10-4-2-7(13)6-8(10)14/h2-6H,15H2,1H3. The molecule has 0 saturated heterocycles. The molecule has 0 bridgehead atoms. The van der Waals surface area contributed by atoms with Crippen LogP contribution in [-0.2, 0) is 0 Å². The number of nitrogens with two attached hydrogens (primary N) is 1. The fraction of sp³-hybridized carbons (Fsp3) is 0.0833. The van der Waals surface area contributed by atoms with Crippen molar-refractivity contribution >= 4 is 28.9 Å². The zero-order valence-electron chi connectivity index (χ0n) is 9.48. The number of aromatic nitrogens is 1. The molecule has 4 nitrogen and oxygen atoms in total. The average Bonchev–Trinajstić information content (AvgIpc) is 2.35. The van der Waals surface area contributed by atoms with E-state index in [0.717, 1.165) is 0 Å². The van der Waals surface area contributed by atoms with Crippen molar-refractivity contribution in [1.82, 2.24) is 4.98 Å². The number of hydrogen-bond acceptors (Lipinski definition) is 4. The molecule has 0 fully saturated rings. The van der Waals surface area contributed by atoms with Gasteiger partial charge in [0.05, 0.1) is 17.8 Å². The highest BCUT2D eigenvalue weighted by molar-refractivity contribution is 6.35. The number of halogens is 2. The van der Waals surface area contributed by atoms with Crippen LogP contribution < -0.4 is 15.2 Å². The van der Waals surface area contributed by atoms with Gasteiger partial charge in [0.25, 0.3) is 0 Å². The molecular formula is C12H10Cl2N2O2. The molecule has 2 rings (SSSR count). The van der Waals surface area contributed by atoms with Crippen LogP contribution in [0.4, 0.5) is 5.69 Å². The van der Waals surface area contributed by atoms with E-state index in [-0.39, 0.29) is 0 Å². The van der Waals surface area contributed by atoms with Gasteiger partial charge in [-0.2, -0.15) is 4.98 Å². The van der Waals surface area contributed by atoms with Crippen LogP contribution in [0.5, 0.6) is 17.5 Å². The summed E-state index contributed by atoms with van der Waals surface area (Å²) in [5.41, 5.74) is 6.09. The number of pyridine rings is 1. The smallest absolute Gasteiger partial charge is 0.240 e. The Balaban J connectivity index is 2.28. The minimum Gasteiger partial charge on any atom is -0.479 e. The zero-order chi connectivity index (χ0) is 13.1. The lowest BCUT2D eigenvalue weighted by Crippen LogP contribution is -1.97. The SMILES string of the molecule is COc1nc(Oc2ccc(Cl)cc2Cl)ccc1N. The summed E-state index contributed by atoms with van der Waals surface area (Å²) in [5.74, 6) is 1.10. The van der Waals surface area contributed by atoms with Crippen molar-refractivity contribution in [3.8, 4) is 17.5 Å². The van der Waals surface area contributed by atoms with Gasteiger partial charge < -0.3 is 15.2 Å². The first kappa shape index (κ1) is 12.8. The van der Waals surface area contributed by atoms with Crippen LogP contribution in [0.3, 0.4) is 0 Å². The molecule has 0 amide bonds. The molecule has 2 aromatic rings. The first-order valence-corrected chi connectivity index (χ1v) is 5.79. The van der Waals surface area contributed by atoms with Crippen molar-refractivity contribution in [3.63, 3.8) is 0 Å². The maximum atomic E-state index is 5.99. The van der Waals surface area contributed by atoms with Crippen molar-refractivity contribution in [2.45, 2.75) is 0 Å². The van der Waals surface area contributed by atoms with Crippen LogP contribution >= 0.6 is 23.2 Å². The van der Waals surface area contributed by atoms with Crippen molar-refractivity contribution in [2.75, 3.05) is 12.8 Å². The average molecular weight is 285 g/mol. The van der Waals surface area contributed by atoms with Crippen molar-refractivity contribution in [1.29, 1.82) is 0 Å². The zero-order valence-corrected chi connectivity index (χ0v) is 11.0. The fourth-order valence-electron chi connectivity index (χ4n) is 1.33. The van der Waals surface area contributed by atoms with E-state index in [0.29, 0.717) is 33.2 Å². The van der Waals surface area contributed by atoms with Gasteiger partial charge in [0.2, 0.25) is 11.8 Å². The normalized spacial score (nSPS) is 10.2. The summed E-state index contributed by atoms with van der Waals surface area (Å²) in [6.07, 6.45) is 0. The van der Waals surface area contributed by atoms with E-state index >= 15 is 0 Å². The Bertz CT molecular complexity index is 576. The summed E-state index contributed by atoms with van der Waals surface area (Å²) in [6.45, 7) is 0. The second kappa shape index (κ2) is 5.33. The van der Waals surface area contributed by atoms with Crippen molar-refractivity contribution < 1.29 is 9.47 Å². The van der Waals surface area contributed by atoms with Crippen LogP contribution in [0.1, 0.15) is 0 Å². The molecule has 6 heteroatoms. The number of nitrogens with zero attached hydrogens (tertiary/aromatic N) is 1. The van der Waals surface area contributed by atoms with E-state index in [2.05, 4.69) is 4.98 Å². The summed E-state index contributed by atoms with van der Waals surface area (Å²) >= 11 is 11.8. The third-order valence-electron chi connectivity index (χ3n) is 2.17. The Kier molecular flexibility index (Phi) is 3.79. The highest BCUT2D eigenvalue weighted by atomic mass is 35.5. The lowest BCUT2D eigenvalue weighted by atomic mass is 10.3. The maximum Gasteiger partial charge on any atom is 0.240 e. The Morgan fingerprint density at radius 3 is 2.61 bits per heavy atom. The maximum absolute atomic E-state index is 5.99. The molecule has 18 heavy (non-hydrogen) atoms. The molecule has 1 heterocycles. The summed E-state index contributed by atoms with van der Waals surface area (Å²) in [4.78, 5) is 4.09. The fourth-order valence-corrected chi connectivity index (χ4v) is 1.77. The number of anilines is 1. The minimum atomic E-state index is 0.303. The molecule has 1 aromatic heterocycles. The topological polar surface area (TPSA) is 57.4 Å². The molecule has 94 valence electrons. The van der Waals surface area contributed by atoms with Crippen molar-refractivity contribution in [3.05, 3.63) is 40.4 Å². The lowest BCUT2D eigenvalue weighted by Gasteiger charge is -2.09. The van der Waals surface area contributed by atoms with E-state index in [4.69, 9.17) is 38.4 Å². The summed E-state index contributed by atoms with van der Waals surface area (Å²) in [7, 11) is 1.48. The highest BCUT2D eigenvalue weighted by Gasteiger charge is 2.07. The second-order valence-corrected chi connectivity index (χ2v) is 4.27. The highest BCUT2D eigenvalue weighted by Crippen LogP contribution is 2.32. The Morgan fingerprint density at radius 2 is 1.94 bits per heavy atom. The van der Waals surface area contributed by atoms with Gasteiger partial charge in [0, 0.05) is 11.1 Å². The molecular weight excluding hydrogens is 275 g/mol. The van der Waals surface area contributed by atoms with E-state index < -0.39 is 0 Å². The molecule has 0 spiro atoms. The van der Waals surface area contributed by atoms with Gasteiger partial charge in [-0.05, 0) is 24.3 Å². The molecule has 0 atom stereocenters. The number of hydrogen-bond donors (Lipinski definition) is 1. The first-order valence-electron chi connectivity index (χ1n) is 5.03. The van der Waals surface area contributed by atoms with Crippen LogP contribution in [0.2, 0.25) is 10.0 Å². The molecule has 0 aliphatic heterocycles. The van der Waals surface area contributed by atoms with Crippen molar-refractivity contribution in [2.24, 2.45) is 0 Å². The monoisotopic (exact) mass is 284 g/mol. The number of methoxy groups -OCH3 is 1. The largest absolute Gasteiger partial charge is 0.479 e. The third-order valence-corrected chi connectivity index (χ3v) is 2.70. The van der Waals surface area contributed by atoms with Gasteiger partial charge in [-0.1, -0.05) is 23.2 Å². The Hall–Kier alpha value is -1.65. The Morgan fingerprint density at radius 1 is 1.17 bits per heavy atom. The van der Waals surface area contributed by atoms with Crippen LogP contribution in [-0.4, -0.2) is 12.1 Å². The number of rotatable bonds is 3. The van der Waals surface area contributed by atoms with Crippen LogP contribution in [0.25, 0.3) is 0 Å². The molecule has 0 saturated carbocycles. The van der Waals surface area contributed by atoms with Gasteiger partial charge in [-0.25, -0.2) is 0 Å². The van der Waals surface area contributed by atoms with E-state index in [1.54, 1.807) is 30.3 Å². The van der Waals surface area contributed by atoms with E-state index in [1.165, 1.54) is 7.11 Å². The quantitative estimate of drug-likeness (QED) is 0.932. The van der Waals surface area contributed by atoms with E-state index in [1.807, 2.05) is 0 Å². The predicted molar refractivity (Wildman–Crippen MR) is 71.7 cm³/mol. The number of benzene rings is 1. The van der Waals surface area contributed by atoms with E-state index in [9.17, 15) is 0 Å². The molecule has 0 radical (unpaired) electrons. The Labute approximate surface area is 114 Å². The molecule has 2 N–H and O–H groups in total. The van der Waals surface area contributed by atoms with Gasteiger partial charge in [-0.3, -0.25) is 0 Å². The second-order valence-electron chi connectivity index (χ2n) is 3.42. The first-order chi connectivity index (χ1) is 8.60. The molecule has 1 aromatic carbocycles. The molecule has 0 aliphatic carbocycles. The minimum absolute atomic E-state index is 0.303. The molecule has 0 aliphatic rings. The van der Waals surface area contributed by atoms with Crippen LogP contribution in [0, 0.1) is 0 Å². The summed E-state index contributed by atoms with van der Waals surface area (Å²) in [5, 5.41) is 0.940. The number of ether oxygens (including phenoxy) is 2. The number of nitrogen functional groups attached to an aromatic ring is 1. The lowest BCUT2D eigenvalue weighted by molar-refractivity contribution is 0.385. The van der Waals surface area contributed by atoms with Crippen LogP contribution in [0.15, 0.2) is 30.3 Å². The van der Waals surface area contributed by atoms with Gasteiger partial charge in [0.15, 0.2) is 0 Å².